The van der Waals surface area contributed by atoms with E-state index in [-0.39, 0.29) is 61.3 Å². The quantitative estimate of drug-likeness (QED) is 0.0633. The number of fused-ring (bicyclic) bond motifs is 1. The highest BCUT2D eigenvalue weighted by Crippen LogP contribution is 2.38. The normalized spacial score (nSPS) is 12.5. The van der Waals surface area contributed by atoms with Gasteiger partial charge in [0.1, 0.15) is 18.8 Å². The predicted octanol–water partition coefficient (Wildman–Crippen LogP) is 5.68. The monoisotopic (exact) mass is 848 g/mol. The van der Waals surface area contributed by atoms with Crippen molar-refractivity contribution in [3.05, 3.63) is 99.3 Å². The van der Waals surface area contributed by atoms with Crippen LogP contribution in [0.4, 0.5) is 19.7 Å². The van der Waals surface area contributed by atoms with E-state index >= 15 is 4.39 Å². The highest BCUT2D eigenvalue weighted by molar-refractivity contribution is 5.90. The molecule has 2 heterocycles. The summed E-state index contributed by atoms with van der Waals surface area (Å²) in [6, 6.07) is 13.9. The minimum absolute atomic E-state index is 0.0309. The fourth-order valence-electron chi connectivity index (χ4n) is 6.04. The summed E-state index contributed by atoms with van der Waals surface area (Å²) in [6.45, 7) is 10.5. The molecule has 3 amide bonds. The van der Waals surface area contributed by atoms with Gasteiger partial charge >= 0.3 is 12.2 Å². The second-order valence-corrected chi connectivity index (χ2v) is 15.4. The number of rotatable bonds is 24. The Hall–Kier alpha value is -5.62. The first-order valence-electron chi connectivity index (χ1n) is 20.5. The van der Waals surface area contributed by atoms with Crippen molar-refractivity contribution in [1.82, 2.24) is 25.5 Å². The zero-order valence-electron chi connectivity index (χ0n) is 35.3. The molecule has 0 aliphatic heterocycles. The molecule has 0 atom stereocenters. The van der Waals surface area contributed by atoms with Gasteiger partial charge in [0.15, 0.2) is 17.0 Å². The van der Waals surface area contributed by atoms with Gasteiger partial charge in [-0.15, -0.1) is 0 Å². The average molecular weight is 849 g/mol. The Morgan fingerprint density at radius 1 is 0.820 bits per heavy atom. The Kier molecular flexibility index (Phi) is 17.8. The fourth-order valence-corrected chi connectivity index (χ4v) is 6.04. The maximum absolute atomic E-state index is 15.2. The number of aromatic nitrogens is 2. The summed E-state index contributed by atoms with van der Waals surface area (Å²) >= 11 is 0. The molecule has 0 bridgehead atoms. The van der Waals surface area contributed by atoms with Crippen LogP contribution in [0.2, 0.25) is 0 Å². The molecule has 0 unspecified atom stereocenters. The van der Waals surface area contributed by atoms with Crippen LogP contribution in [0, 0.1) is 12.7 Å². The first-order valence-corrected chi connectivity index (χ1v) is 20.5. The Bertz CT molecular complexity index is 2120. The van der Waals surface area contributed by atoms with E-state index in [4.69, 9.17) is 28.4 Å². The van der Waals surface area contributed by atoms with Gasteiger partial charge in [-0.2, -0.15) is 0 Å². The van der Waals surface area contributed by atoms with Gasteiger partial charge < -0.3 is 54.3 Å². The summed E-state index contributed by atoms with van der Waals surface area (Å²) in [5, 5.41) is 11.7. The van der Waals surface area contributed by atoms with E-state index in [0.29, 0.717) is 69.4 Å². The number of ether oxygens (including phenoxy) is 6. The minimum Gasteiger partial charge on any atom is -0.487 e. The number of benzene rings is 2. The number of alkyl carbamates (subject to hydrolysis) is 2. The van der Waals surface area contributed by atoms with Crippen LogP contribution in [-0.2, 0) is 48.1 Å². The van der Waals surface area contributed by atoms with Gasteiger partial charge in [-0.25, -0.2) is 14.0 Å². The average Bonchev–Trinajstić information content (AvgIpc) is 4.06. The zero-order valence-corrected chi connectivity index (χ0v) is 35.3. The molecule has 0 spiro atoms. The lowest BCUT2D eigenvalue weighted by Crippen LogP contribution is -2.34. The Morgan fingerprint density at radius 2 is 1.54 bits per heavy atom. The van der Waals surface area contributed by atoms with Crippen molar-refractivity contribution in [2.75, 3.05) is 64.7 Å². The highest BCUT2D eigenvalue weighted by Gasteiger charge is 2.26. The van der Waals surface area contributed by atoms with Crippen LogP contribution in [0.15, 0.2) is 65.7 Å². The molecule has 1 aliphatic rings. The van der Waals surface area contributed by atoms with Gasteiger partial charge in [0.05, 0.1) is 51.6 Å². The lowest BCUT2D eigenvalue weighted by molar-refractivity contribution is -0.117. The van der Waals surface area contributed by atoms with Crippen molar-refractivity contribution in [2.45, 2.75) is 78.2 Å². The summed E-state index contributed by atoms with van der Waals surface area (Å²) in [7, 11) is 0. The molecule has 17 heteroatoms. The van der Waals surface area contributed by atoms with Crippen molar-refractivity contribution < 1.29 is 47.2 Å². The molecule has 16 nitrogen and oxygen atoms in total. The number of carbonyl (C=O) groups excluding carboxylic acids is 3. The third kappa shape index (κ3) is 16.4. The van der Waals surface area contributed by atoms with E-state index in [2.05, 4.69) is 26.3 Å². The number of hydrogen-bond acceptors (Lipinski definition) is 12. The summed E-state index contributed by atoms with van der Waals surface area (Å²) in [6.07, 6.45) is 4.53. The molecule has 4 N–H and O–H groups in total. The molecule has 0 radical (unpaired) electrons. The molecule has 1 fully saturated rings. The number of nitrogens with one attached hydrogen (secondary N) is 4. The first kappa shape index (κ1) is 46.4. The maximum atomic E-state index is 15.2. The summed E-state index contributed by atoms with van der Waals surface area (Å²) in [4.78, 5) is 53.8. The summed E-state index contributed by atoms with van der Waals surface area (Å²) in [5.74, 6) is -0.917. The maximum Gasteiger partial charge on any atom is 0.407 e. The van der Waals surface area contributed by atoms with Gasteiger partial charge in [0.2, 0.25) is 5.91 Å². The lowest BCUT2D eigenvalue weighted by Gasteiger charge is -2.19. The van der Waals surface area contributed by atoms with Crippen molar-refractivity contribution >= 4 is 34.7 Å². The molecule has 5 rings (SSSR count). The number of anilines is 1. The minimum atomic E-state index is -0.675. The second-order valence-electron chi connectivity index (χ2n) is 15.4. The van der Waals surface area contributed by atoms with Gasteiger partial charge in [0, 0.05) is 73.0 Å². The fraction of sp³-hybridized carbons (Fsp3) is 0.477. The van der Waals surface area contributed by atoms with E-state index in [1.165, 1.54) is 12.1 Å². The van der Waals surface area contributed by atoms with E-state index in [9.17, 15) is 19.2 Å². The van der Waals surface area contributed by atoms with Gasteiger partial charge in [-0.05, 0) is 82.0 Å². The van der Waals surface area contributed by atoms with Crippen molar-refractivity contribution in [3.8, 4) is 5.75 Å². The smallest absolute Gasteiger partial charge is 0.407 e. The lowest BCUT2D eigenvalue weighted by atomic mass is 10.1. The molecule has 2 aromatic heterocycles. The highest BCUT2D eigenvalue weighted by atomic mass is 19.1. The van der Waals surface area contributed by atoms with Crippen LogP contribution in [0.1, 0.15) is 68.5 Å². The molecular weight excluding hydrogens is 792 g/mol. The third-order valence-electron chi connectivity index (χ3n) is 9.09. The van der Waals surface area contributed by atoms with Crippen LogP contribution in [0.3, 0.4) is 0 Å². The number of nitrogens with zero attached hydrogens (tertiary/aromatic N) is 2. The molecular formula is C44H57FN6O10. The Morgan fingerprint density at radius 3 is 2.25 bits per heavy atom. The molecule has 0 saturated heterocycles. The number of halogens is 1. The summed E-state index contributed by atoms with van der Waals surface area (Å²) < 4.78 is 49.6. The largest absolute Gasteiger partial charge is 0.487 e. The SMILES string of the molecule is Cc1cc(CNCc2cn(C3CC3)c3cc(OCCOC(=O)NCc4ccc(NC(=O)CCOCCOCCOCCNC(=O)OC(C)(C)C)cc4)c(F)cc3c2=O)ccn1. The number of hydrogen-bond donors (Lipinski definition) is 4. The van der Waals surface area contributed by atoms with Crippen LogP contribution in [0.25, 0.3) is 10.9 Å². The number of pyridine rings is 2. The first-order chi connectivity index (χ1) is 29.3. The van der Waals surface area contributed by atoms with E-state index in [0.717, 1.165) is 29.7 Å². The van der Waals surface area contributed by atoms with Crippen LogP contribution in [0.5, 0.6) is 5.75 Å². The number of amides is 3. The van der Waals surface area contributed by atoms with Crippen LogP contribution >= 0.6 is 0 Å². The molecule has 2 aromatic carbocycles. The van der Waals surface area contributed by atoms with Crippen LogP contribution < -0.4 is 31.4 Å². The number of carbonyl (C=O) groups is 3. The second kappa shape index (κ2) is 23.4. The number of aryl methyl sites for hydroxylation is 1. The standard InChI is InChI=1S/C44H57FN6O10/c1-30-23-32(11-13-47-30)26-46-28-33-29-51(35-9-10-35)38-25-39(37(45)24-36(38)41(33)53)59-21-22-60-42(54)49-27-31-5-7-34(8-6-31)50-40(52)12-15-56-17-19-58-20-18-57-16-14-48-43(55)61-44(2,3)4/h5-8,11,13,23-25,29,35,46H,9-10,12,14-22,26-28H2,1-4H3,(H,48,55)(H,49,54)(H,50,52). The van der Waals surface area contributed by atoms with E-state index in [1.807, 2.05) is 29.8 Å². The molecule has 4 aromatic rings. The molecule has 1 aliphatic carbocycles. The van der Waals surface area contributed by atoms with Gasteiger partial charge in [-0.1, -0.05) is 12.1 Å². The molecule has 61 heavy (non-hydrogen) atoms. The third-order valence-corrected chi connectivity index (χ3v) is 9.09. The van der Waals surface area contributed by atoms with E-state index < -0.39 is 23.6 Å². The van der Waals surface area contributed by atoms with Gasteiger partial charge in [0.25, 0.3) is 0 Å². The Balaban J connectivity index is 0.926. The topological polar surface area (TPSA) is 190 Å². The van der Waals surface area contributed by atoms with Crippen molar-refractivity contribution in [1.29, 1.82) is 0 Å². The van der Waals surface area contributed by atoms with Crippen molar-refractivity contribution in [3.63, 3.8) is 0 Å². The van der Waals surface area contributed by atoms with Crippen LogP contribution in [-0.4, -0.2) is 92.6 Å². The molecule has 330 valence electrons. The van der Waals surface area contributed by atoms with Gasteiger partial charge in [-0.3, -0.25) is 14.6 Å². The predicted molar refractivity (Wildman–Crippen MR) is 226 cm³/mol. The molecule has 1 saturated carbocycles. The zero-order chi connectivity index (χ0) is 43.6. The van der Waals surface area contributed by atoms with E-state index in [1.54, 1.807) is 51.2 Å². The summed E-state index contributed by atoms with van der Waals surface area (Å²) in [5.41, 5.74) is 3.71. The Labute approximate surface area is 354 Å². The van der Waals surface area contributed by atoms with Crippen molar-refractivity contribution in [2.24, 2.45) is 0 Å².